The van der Waals surface area contributed by atoms with E-state index in [1.54, 1.807) is 19.2 Å². The number of piperidine rings is 1. The number of carbonyl (C=O) groups is 1. The SMILES string of the molecule is CCn1cc(CN[C@@H]2CCC(=O)N[C@H]2c2cc(OC)ccc2F)c(C)n1. The van der Waals surface area contributed by atoms with E-state index in [4.69, 9.17) is 4.74 Å². The van der Waals surface area contributed by atoms with Crippen LogP contribution >= 0.6 is 0 Å². The predicted molar refractivity (Wildman–Crippen MR) is 96.3 cm³/mol. The summed E-state index contributed by atoms with van der Waals surface area (Å²) in [5.74, 6) is 0.157. The Labute approximate surface area is 152 Å². The van der Waals surface area contributed by atoms with Gasteiger partial charge in [-0.3, -0.25) is 9.48 Å². The maximum absolute atomic E-state index is 14.4. The van der Waals surface area contributed by atoms with E-state index < -0.39 is 6.04 Å². The third-order valence-corrected chi connectivity index (χ3v) is 4.87. The van der Waals surface area contributed by atoms with Crippen LogP contribution in [0.1, 0.15) is 42.6 Å². The largest absolute Gasteiger partial charge is 0.497 e. The van der Waals surface area contributed by atoms with Gasteiger partial charge in [0.15, 0.2) is 0 Å². The molecule has 1 saturated heterocycles. The van der Waals surface area contributed by atoms with Gasteiger partial charge in [0.05, 0.1) is 18.8 Å². The highest BCUT2D eigenvalue weighted by molar-refractivity contribution is 5.77. The van der Waals surface area contributed by atoms with Crippen LogP contribution in [0.3, 0.4) is 0 Å². The first kappa shape index (κ1) is 18.4. The second-order valence-electron chi connectivity index (χ2n) is 6.55. The molecule has 0 saturated carbocycles. The number of benzene rings is 1. The minimum absolute atomic E-state index is 0.0646. The van der Waals surface area contributed by atoms with Crippen molar-refractivity contribution < 1.29 is 13.9 Å². The summed E-state index contributed by atoms with van der Waals surface area (Å²) < 4.78 is 21.5. The highest BCUT2D eigenvalue weighted by Crippen LogP contribution is 2.29. The summed E-state index contributed by atoms with van der Waals surface area (Å²) in [7, 11) is 1.54. The van der Waals surface area contributed by atoms with Gasteiger partial charge in [-0.15, -0.1) is 0 Å². The van der Waals surface area contributed by atoms with Gasteiger partial charge in [0, 0.05) is 42.9 Å². The van der Waals surface area contributed by atoms with Gasteiger partial charge in [0.2, 0.25) is 5.91 Å². The summed E-state index contributed by atoms with van der Waals surface area (Å²) in [5.41, 5.74) is 2.52. The van der Waals surface area contributed by atoms with E-state index in [-0.39, 0.29) is 17.8 Å². The number of aryl methyl sites for hydroxylation is 2. The lowest BCUT2D eigenvalue weighted by atomic mass is 9.91. The van der Waals surface area contributed by atoms with Gasteiger partial charge < -0.3 is 15.4 Å². The number of aromatic nitrogens is 2. The fourth-order valence-electron chi connectivity index (χ4n) is 3.34. The third kappa shape index (κ3) is 3.88. The molecule has 2 N–H and O–H groups in total. The Morgan fingerprint density at radius 3 is 2.96 bits per heavy atom. The molecule has 140 valence electrons. The Bertz CT molecular complexity index is 790. The molecule has 3 rings (SSSR count). The van der Waals surface area contributed by atoms with Crippen molar-refractivity contribution in [2.24, 2.45) is 0 Å². The molecule has 2 aromatic rings. The average Bonchev–Trinajstić information content (AvgIpc) is 3.01. The number of amides is 1. The molecule has 1 fully saturated rings. The lowest BCUT2D eigenvalue weighted by molar-refractivity contribution is -0.123. The first-order chi connectivity index (χ1) is 12.5. The fraction of sp³-hybridized carbons (Fsp3) is 0.474. The van der Waals surface area contributed by atoms with Crippen LogP contribution in [0.4, 0.5) is 4.39 Å². The van der Waals surface area contributed by atoms with Crippen molar-refractivity contribution >= 4 is 5.91 Å². The third-order valence-electron chi connectivity index (χ3n) is 4.87. The van der Waals surface area contributed by atoms with E-state index >= 15 is 0 Å². The van der Waals surface area contributed by atoms with Crippen molar-refractivity contribution in [1.29, 1.82) is 0 Å². The van der Waals surface area contributed by atoms with Crippen LogP contribution in [0.25, 0.3) is 0 Å². The standard InChI is InChI=1S/C19H25FN4O2/c1-4-24-11-13(12(2)23-24)10-21-17-7-8-18(25)22-19(17)15-9-14(26-3)5-6-16(15)20/h5-6,9,11,17,19,21H,4,7-8,10H2,1-3H3,(H,22,25)/t17-,19+/m1/s1. The molecule has 0 unspecified atom stereocenters. The molecule has 6 nitrogen and oxygen atoms in total. The molecule has 2 atom stereocenters. The van der Waals surface area contributed by atoms with Crippen LogP contribution in [0.2, 0.25) is 0 Å². The molecule has 0 aliphatic carbocycles. The van der Waals surface area contributed by atoms with Gasteiger partial charge in [-0.25, -0.2) is 4.39 Å². The normalized spacial score (nSPS) is 20.1. The molecule has 1 aliphatic heterocycles. The Balaban J connectivity index is 1.80. The zero-order valence-electron chi connectivity index (χ0n) is 15.4. The van der Waals surface area contributed by atoms with Gasteiger partial charge in [0.25, 0.3) is 0 Å². The number of rotatable bonds is 6. The van der Waals surface area contributed by atoms with Crippen LogP contribution in [-0.4, -0.2) is 28.8 Å². The van der Waals surface area contributed by atoms with Crippen LogP contribution in [0, 0.1) is 12.7 Å². The van der Waals surface area contributed by atoms with Crippen molar-refractivity contribution in [2.45, 2.75) is 51.9 Å². The van der Waals surface area contributed by atoms with Crippen molar-refractivity contribution in [3.05, 3.63) is 47.0 Å². The number of nitrogens with zero attached hydrogens (tertiary/aromatic N) is 2. The van der Waals surface area contributed by atoms with Gasteiger partial charge in [0.1, 0.15) is 11.6 Å². The van der Waals surface area contributed by atoms with Crippen molar-refractivity contribution in [2.75, 3.05) is 7.11 Å². The Morgan fingerprint density at radius 2 is 2.27 bits per heavy atom. The number of methoxy groups -OCH3 is 1. The molecule has 1 aromatic carbocycles. The van der Waals surface area contributed by atoms with E-state index in [9.17, 15) is 9.18 Å². The molecule has 0 spiro atoms. The molecule has 7 heteroatoms. The summed E-state index contributed by atoms with van der Waals surface area (Å²) in [6, 6.07) is 4.10. The summed E-state index contributed by atoms with van der Waals surface area (Å²) >= 11 is 0. The van der Waals surface area contributed by atoms with E-state index in [0.717, 1.165) is 17.8 Å². The highest BCUT2D eigenvalue weighted by Gasteiger charge is 2.31. The Kier molecular flexibility index (Phi) is 5.56. The zero-order chi connectivity index (χ0) is 18.7. The summed E-state index contributed by atoms with van der Waals surface area (Å²) in [4.78, 5) is 11.9. The minimum atomic E-state index is -0.437. The summed E-state index contributed by atoms with van der Waals surface area (Å²) in [6.07, 6.45) is 3.09. The number of hydrogen-bond donors (Lipinski definition) is 2. The topological polar surface area (TPSA) is 68.2 Å². The monoisotopic (exact) mass is 360 g/mol. The average molecular weight is 360 g/mol. The molecule has 0 radical (unpaired) electrons. The van der Waals surface area contributed by atoms with Crippen LogP contribution < -0.4 is 15.4 Å². The Hall–Kier alpha value is -2.41. The molecule has 0 bridgehead atoms. The summed E-state index contributed by atoms with van der Waals surface area (Å²) in [6.45, 7) is 5.46. The highest BCUT2D eigenvalue weighted by atomic mass is 19.1. The maximum Gasteiger partial charge on any atom is 0.220 e. The first-order valence-electron chi connectivity index (χ1n) is 8.91. The van der Waals surface area contributed by atoms with Crippen LogP contribution in [0.15, 0.2) is 24.4 Å². The lowest BCUT2D eigenvalue weighted by Crippen LogP contribution is -2.48. The number of hydrogen-bond acceptors (Lipinski definition) is 4. The molecular weight excluding hydrogens is 335 g/mol. The number of nitrogens with one attached hydrogen (secondary N) is 2. The van der Waals surface area contributed by atoms with Gasteiger partial charge in [-0.1, -0.05) is 0 Å². The zero-order valence-corrected chi connectivity index (χ0v) is 15.4. The fourth-order valence-corrected chi connectivity index (χ4v) is 3.34. The maximum atomic E-state index is 14.4. The second-order valence-corrected chi connectivity index (χ2v) is 6.55. The van der Waals surface area contributed by atoms with Gasteiger partial charge >= 0.3 is 0 Å². The van der Waals surface area contributed by atoms with E-state index in [1.165, 1.54) is 6.07 Å². The van der Waals surface area contributed by atoms with Crippen LogP contribution in [0.5, 0.6) is 5.75 Å². The predicted octanol–water partition coefficient (Wildman–Crippen LogP) is 2.47. The molecular formula is C19H25FN4O2. The molecule has 2 heterocycles. The quantitative estimate of drug-likeness (QED) is 0.830. The van der Waals surface area contributed by atoms with Gasteiger partial charge in [-0.2, -0.15) is 5.10 Å². The number of carbonyl (C=O) groups excluding carboxylic acids is 1. The van der Waals surface area contributed by atoms with E-state index in [0.29, 0.717) is 30.7 Å². The molecule has 26 heavy (non-hydrogen) atoms. The smallest absolute Gasteiger partial charge is 0.220 e. The van der Waals surface area contributed by atoms with Crippen molar-refractivity contribution in [3.8, 4) is 5.75 Å². The van der Waals surface area contributed by atoms with E-state index in [2.05, 4.69) is 15.7 Å². The first-order valence-corrected chi connectivity index (χ1v) is 8.91. The molecule has 1 aromatic heterocycles. The number of halogens is 1. The number of ether oxygens (including phenoxy) is 1. The molecule has 1 aliphatic rings. The summed E-state index contributed by atoms with van der Waals surface area (Å²) in [5, 5.41) is 10.8. The molecule has 1 amide bonds. The lowest BCUT2D eigenvalue weighted by Gasteiger charge is -2.33. The van der Waals surface area contributed by atoms with E-state index in [1.807, 2.05) is 24.7 Å². The van der Waals surface area contributed by atoms with Crippen LogP contribution in [-0.2, 0) is 17.9 Å². The second kappa shape index (κ2) is 7.86. The minimum Gasteiger partial charge on any atom is -0.497 e. The van der Waals surface area contributed by atoms with Gasteiger partial charge in [-0.05, 0) is 38.5 Å². The van der Waals surface area contributed by atoms with Crippen molar-refractivity contribution in [3.63, 3.8) is 0 Å². The van der Waals surface area contributed by atoms with Crippen molar-refractivity contribution in [1.82, 2.24) is 20.4 Å². The Morgan fingerprint density at radius 1 is 1.46 bits per heavy atom.